The lowest BCUT2D eigenvalue weighted by Crippen LogP contribution is -2.36. The van der Waals surface area contributed by atoms with Crippen molar-refractivity contribution in [1.29, 1.82) is 0 Å². The molecule has 142 valence electrons. The van der Waals surface area contributed by atoms with E-state index < -0.39 is 27.1 Å². The molecule has 0 aliphatic heterocycles. The summed E-state index contributed by atoms with van der Waals surface area (Å²) >= 11 is 6.95. The Labute approximate surface area is 163 Å². The first-order valence-corrected chi connectivity index (χ1v) is 9.06. The topological polar surface area (TPSA) is 113 Å². The lowest BCUT2D eigenvalue weighted by molar-refractivity contribution is -0.510. The summed E-state index contributed by atoms with van der Waals surface area (Å²) in [5, 5.41) is 22.0. The van der Waals surface area contributed by atoms with Crippen LogP contribution in [0.15, 0.2) is 53.4 Å². The summed E-state index contributed by atoms with van der Waals surface area (Å²) in [6, 6.07) is 10.2. The second-order valence-electron chi connectivity index (χ2n) is 5.32. The van der Waals surface area contributed by atoms with Crippen molar-refractivity contribution < 1.29 is 19.4 Å². The Balaban J connectivity index is 2.45. The second-order valence-corrected chi connectivity index (χ2v) is 6.97. The van der Waals surface area contributed by atoms with Crippen LogP contribution in [-0.2, 0) is 9.53 Å². The Morgan fingerprint density at radius 2 is 1.70 bits per heavy atom. The second kappa shape index (κ2) is 9.33. The van der Waals surface area contributed by atoms with E-state index in [0.29, 0.717) is 15.5 Å². The van der Waals surface area contributed by atoms with Crippen molar-refractivity contribution in [3.8, 4) is 0 Å². The van der Waals surface area contributed by atoms with Crippen LogP contribution in [0.4, 0.5) is 5.69 Å². The zero-order valence-corrected chi connectivity index (χ0v) is 15.7. The van der Waals surface area contributed by atoms with Gasteiger partial charge in [-0.3, -0.25) is 20.2 Å². The molecule has 0 N–H and O–H groups in total. The number of hydrogen-bond donors (Lipinski definition) is 0. The fourth-order valence-electron chi connectivity index (χ4n) is 2.31. The molecule has 0 fully saturated rings. The molecule has 0 saturated heterocycles. The maximum atomic E-state index is 12.2. The number of ether oxygens (including phenoxy) is 1. The molecule has 2 aromatic rings. The smallest absolute Gasteiger partial charge is 0.383 e. The first kappa shape index (κ1) is 20.7. The Bertz CT molecular complexity index is 828. The van der Waals surface area contributed by atoms with Gasteiger partial charge in [0.2, 0.25) is 0 Å². The number of non-ortho nitro benzene ring substituents is 1. The van der Waals surface area contributed by atoms with Crippen LogP contribution in [0, 0.1) is 20.2 Å². The van der Waals surface area contributed by atoms with Crippen LogP contribution in [-0.4, -0.2) is 28.5 Å². The minimum Gasteiger partial charge on any atom is -0.461 e. The SMILES string of the molecule is CCOC(=O)C(C(Sc1ccc(Cl)cc1)c1ccc([N+](=O)[O-])cc1)[N+](=O)[O-]. The van der Waals surface area contributed by atoms with E-state index in [0.717, 1.165) is 11.8 Å². The van der Waals surface area contributed by atoms with Crippen molar-refractivity contribution >= 4 is 35.0 Å². The normalized spacial score (nSPS) is 12.8. The van der Waals surface area contributed by atoms with Crippen LogP contribution in [0.3, 0.4) is 0 Å². The molecular formula is C17H15ClN2O6S. The standard InChI is InChI=1S/C17H15ClN2O6S/c1-2-26-17(21)15(20(24)25)16(27-14-9-5-12(18)6-10-14)11-3-7-13(8-4-11)19(22)23/h3-10,15-16H,2H2,1H3. The van der Waals surface area contributed by atoms with Crippen molar-refractivity contribution in [3.63, 3.8) is 0 Å². The molecule has 0 saturated carbocycles. The maximum absolute atomic E-state index is 12.2. The van der Waals surface area contributed by atoms with Crippen molar-refractivity contribution in [2.24, 2.45) is 0 Å². The largest absolute Gasteiger partial charge is 0.461 e. The predicted octanol–water partition coefficient (Wildman–Crippen LogP) is 4.29. The molecular weight excluding hydrogens is 396 g/mol. The number of thioether (sulfide) groups is 1. The molecule has 2 rings (SSSR count). The molecule has 0 aliphatic carbocycles. The number of rotatable bonds is 8. The Kier molecular flexibility index (Phi) is 7.14. The molecule has 0 heterocycles. The molecule has 2 atom stereocenters. The molecule has 0 aliphatic rings. The van der Waals surface area contributed by atoms with Crippen molar-refractivity contribution in [2.45, 2.75) is 23.1 Å². The van der Waals surface area contributed by atoms with E-state index in [1.165, 1.54) is 24.3 Å². The zero-order chi connectivity index (χ0) is 20.0. The summed E-state index contributed by atoms with van der Waals surface area (Å²) in [6.45, 7) is 1.56. The summed E-state index contributed by atoms with van der Waals surface area (Å²) in [5.74, 6) is -0.965. The van der Waals surface area contributed by atoms with E-state index >= 15 is 0 Å². The number of nitro benzene ring substituents is 1. The number of carbonyl (C=O) groups is 1. The molecule has 0 spiro atoms. The highest BCUT2D eigenvalue weighted by molar-refractivity contribution is 7.99. The van der Waals surface area contributed by atoms with Gasteiger partial charge in [-0.25, -0.2) is 4.79 Å². The first-order chi connectivity index (χ1) is 12.8. The van der Waals surface area contributed by atoms with Crippen LogP contribution in [0.2, 0.25) is 5.02 Å². The quantitative estimate of drug-likeness (QED) is 0.276. The number of carbonyl (C=O) groups excluding carboxylic acids is 1. The van der Waals surface area contributed by atoms with Gasteiger partial charge in [-0.2, -0.15) is 0 Å². The van der Waals surface area contributed by atoms with Gasteiger partial charge in [-0.15, -0.1) is 11.8 Å². The van der Waals surface area contributed by atoms with Gasteiger partial charge in [0.25, 0.3) is 5.69 Å². The third kappa shape index (κ3) is 5.41. The number of esters is 1. The maximum Gasteiger partial charge on any atom is 0.383 e. The van der Waals surface area contributed by atoms with Crippen LogP contribution >= 0.6 is 23.4 Å². The summed E-state index contributed by atoms with van der Waals surface area (Å²) in [5.41, 5.74) is 0.248. The molecule has 2 unspecified atom stereocenters. The van der Waals surface area contributed by atoms with E-state index in [1.807, 2.05) is 0 Å². The summed E-state index contributed by atoms with van der Waals surface area (Å²) in [4.78, 5) is 34.1. The van der Waals surface area contributed by atoms with Crippen LogP contribution in [0.5, 0.6) is 0 Å². The van der Waals surface area contributed by atoms with Gasteiger partial charge in [-0.05, 0) is 36.8 Å². The van der Waals surface area contributed by atoms with Gasteiger partial charge in [-0.1, -0.05) is 23.7 Å². The number of benzene rings is 2. The van der Waals surface area contributed by atoms with Gasteiger partial charge in [0, 0.05) is 27.0 Å². The monoisotopic (exact) mass is 410 g/mol. The van der Waals surface area contributed by atoms with Gasteiger partial charge < -0.3 is 4.74 Å². The highest BCUT2D eigenvalue weighted by Crippen LogP contribution is 2.40. The summed E-state index contributed by atoms with van der Waals surface area (Å²) in [6.07, 6.45) is 0. The fraction of sp³-hybridized carbons (Fsp3) is 0.235. The van der Waals surface area contributed by atoms with Crippen molar-refractivity contribution in [2.75, 3.05) is 6.61 Å². The van der Waals surface area contributed by atoms with Crippen molar-refractivity contribution in [1.82, 2.24) is 0 Å². The summed E-state index contributed by atoms with van der Waals surface area (Å²) < 4.78 is 4.86. The number of nitro groups is 2. The van der Waals surface area contributed by atoms with E-state index in [9.17, 15) is 25.0 Å². The predicted molar refractivity (Wildman–Crippen MR) is 101 cm³/mol. The lowest BCUT2D eigenvalue weighted by atomic mass is 10.1. The number of nitrogens with zero attached hydrogens (tertiary/aromatic N) is 2. The summed E-state index contributed by atoms with van der Waals surface area (Å²) in [7, 11) is 0. The van der Waals surface area contributed by atoms with Gasteiger partial charge in [0.05, 0.1) is 11.5 Å². The van der Waals surface area contributed by atoms with Crippen LogP contribution in [0.25, 0.3) is 0 Å². The fourth-order valence-corrected chi connectivity index (χ4v) is 3.65. The minimum absolute atomic E-state index is 0.00175. The van der Waals surface area contributed by atoms with Gasteiger partial charge in [0.1, 0.15) is 5.25 Å². The minimum atomic E-state index is -1.67. The highest BCUT2D eigenvalue weighted by Gasteiger charge is 2.42. The molecule has 2 aromatic carbocycles. The molecule has 0 radical (unpaired) electrons. The molecule has 27 heavy (non-hydrogen) atoms. The first-order valence-electron chi connectivity index (χ1n) is 7.80. The zero-order valence-electron chi connectivity index (χ0n) is 14.1. The van der Waals surface area contributed by atoms with E-state index in [-0.39, 0.29) is 12.3 Å². The van der Waals surface area contributed by atoms with Crippen LogP contribution in [0.1, 0.15) is 17.7 Å². The average molecular weight is 411 g/mol. The van der Waals surface area contributed by atoms with Gasteiger partial charge >= 0.3 is 12.0 Å². The third-order valence-corrected chi connectivity index (χ3v) is 5.13. The number of halogens is 1. The van der Waals surface area contributed by atoms with Crippen molar-refractivity contribution in [3.05, 3.63) is 79.3 Å². The molecule has 10 heteroatoms. The van der Waals surface area contributed by atoms with Gasteiger partial charge in [0.15, 0.2) is 0 Å². The Hall–Kier alpha value is -2.65. The third-order valence-electron chi connectivity index (χ3n) is 3.55. The molecule has 0 amide bonds. The van der Waals surface area contributed by atoms with E-state index in [4.69, 9.17) is 16.3 Å². The Morgan fingerprint density at radius 1 is 1.11 bits per heavy atom. The molecule has 0 bridgehead atoms. The molecule has 0 aromatic heterocycles. The van der Waals surface area contributed by atoms with E-state index in [2.05, 4.69) is 0 Å². The van der Waals surface area contributed by atoms with Crippen LogP contribution < -0.4 is 0 Å². The average Bonchev–Trinajstić information content (AvgIpc) is 2.63. The number of hydrogen-bond acceptors (Lipinski definition) is 7. The Morgan fingerprint density at radius 3 is 2.19 bits per heavy atom. The molecule has 8 nitrogen and oxygen atoms in total. The van der Waals surface area contributed by atoms with E-state index in [1.54, 1.807) is 31.2 Å². The highest BCUT2D eigenvalue weighted by atomic mass is 35.5. The lowest BCUT2D eigenvalue weighted by Gasteiger charge is -2.20.